The number of imidazole rings is 1. The molecule has 0 bridgehead atoms. The van der Waals surface area contributed by atoms with Crippen molar-refractivity contribution < 1.29 is 37.1 Å². The van der Waals surface area contributed by atoms with Gasteiger partial charge in [-0.1, -0.05) is 37.1 Å². The number of alkyl carbamates (subject to hydrolysis) is 1. The Bertz CT molecular complexity index is 1780. The molecule has 2 saturated carbocycles. The van der Waals surface area contributed by atoms with Crippen LogP contribution in [0.25, 0.3) is 11.0 Å². The van der Waals surface area contributed by atoms with E-state index in [2.05, 4.69) is 20.3 Å². The number of sulfonamides is 1. The molecule has 4 amide bonds. The lowest BCUT2D eigenvalue weighted by molar-refractivity contribution is -0.141. The SMILES string of the molecule is CCn1c(O[C@@H]2C[C@H]3C(=O)N[C@]4(C(=O)NS(=O)(=O)C5CC5)C[C@@H]4/C=C\CCCCC[C@H](NC(=O)OC(C)(C)C)C(=O)N3C2)nc2ccccc21. The molecule has 272 valence electrons. The van der Waals surface area contributed by atoms with E-state index in [1.807, 2.05) is 47.9 Å². The number of hydrogen-bond donors (Lipinski definition) is 3. The predicted octanol–water partition coefficient (Wildman–Crippen LogP) is 3.30. The number of nitrogens with one attached hydrogen (secondary N) is 3. The Morgan fingerprint density at radius 2 is 1.86 bits per heavy atom. The van der Waals surface area contributed by atoms with Crippen LogP contribution in [0.3, 0.4) is 0 Å². The summed E-state index contributed by atoms with van der Waals surface area (Å²) in [5.41, 5.74) is -0.639. The molecule has 2 aliphatic heterocycles. The van der Waals surface area contributed by atoms with E-state index in [0.29, 0.717) is 44.7 Å². The van der Waals surface area contributed by atoms with E-state index in [-0.39, 0.29) is 19.4 Å². The molecule has 1 aromatic carbocycles. The maximum Gasteiger partial charge on any atom is 0.408 e. The summed E-state index contributed by atoms with van der Waals surface area (Å²) in [6.07, 6.45) is 6.97. The molecular weight excluding hydrogens is 664 g/mol. The molecule has 15 heteroatoms. The average Bonchev–Trinajstić information content (AvgIpc) is 3.94. The average molecular weight is 713 g/mol. The molecule has 3 heterocycles. The van der Waals surface area contributed by atoms with Crippen LogP contribution in [-0.4, -0.2) is 87.8 Å². The Balaban J connectivity index is 1.30. The topological polar surface area (TPSA) is 178 Å². The summed E-state index contributed by atoms with van der Waals surface area (Å²) in [7, 11) is -3.87. The molecule has 4 aliphatic rings. The molecule has 1 aromatic heterocycles. The van der Waals surface area contributed by atoms with Crippen LogP contribution in [0.5, 0.6) is 6.01 Å². The fraction of sp³-hybridized carbons (Fsp3) is 0.629. The Kier molecular flexibility index (Phi) is 9.90. The second-order valence-corrected chi connectivity index (χ2v) is 16.8. The van der Waals surface area contributed by atoms with Gasteiger partial charge in [0.25, 0.3) is 11.9 Å². The van der Waals surface area contributed by atoms with E-state index in [9.17, 15) is 27.6 Å². The van der Waals surface area contributed by atoms with Gasteiger partial charge in [-0.2, -0.15) is 4.98 Å². The van der Waals surface area contributed by atoms with Crippen molar-refractivity contribution in [1.82, 2.24) is 29.8 Å². The maximum absolute atomic E-state index is 14.4. The number of para-hydroxylation sites is 2. The number of hydrogen-bond acceptors (Lipinski definition) is 9. The zero-order valence-electron chi connectivity index (χ0n) is 29.1. The van der Waals surface area contributed by atoms with Crippen molar-refractivity contribution in [3.63, 3.8) is 0 Å². The Morgan fingerprint density at radius 3 is 2.58 bits per heavy atom. The molecule has 6 rings (SSSR count). The summed E-state index contributed by atoms with van der Waals surface area (Å²) >= 11 is 0. The van der Waals surface area contributed by atoms with Crippen LogP contribution in [-0.2, 0) is 35.7 Å². The third-order valence-corrected chi connectivity index (χ3v) is 11.6. The van der Waals surface area contributed by atoms with Gasteiger partial charge in [-0.05, 0) is 78.4 Å². The smallest absolute Gasteiger partial charge is 0.408 e. The van der Waals surface area contributed by atoms with E-state index in [1.54, 1.807) is 20.8 Å². The number of ether oxygens (including phenoxy) is 2. The van der Waals surface area contributed by atoms with Crippen LogP contribution < -0.4 is 20.1 Å². The van der Waals surface area contributed by atoms with Crippen LogP contribution >= 0.6 is 0 Å². The maximum atomic E-state index is 14.4. The zero-order valence-corrected chi connectivity index (χ0v) is 30.0. The number of aromatic nitrogens is 2. The largest absolute Gasteiger partial charge is 0.459 e. The van der Waals surface area contributed by atoms with E-state index < -0.39 is 74.3 Å². The van der Waals surface area contributed by atoms with Crippen LogP contribution in [0.4, 0.5) is 4.79 Å². The fourth-order valence-electron chi connectivity index (χ4n) is 6.90. The lowest BCUT2D eigenvalue weighted by Gasteiger charge is -2.30. The molecule has 1 saturated heterocycles. The van der Waals surface area contributed by atoms with Crippen molar-refractivity contribution in [2.45, 2.75) is 127 Å². The van der Waals surface area contributed by atoms with Gasteiger partial charge in [0.15, 0.2) is 0 Å². The van der Waals surface area contributed by atoms with Crippen LogP contribution in [0, 0.1) is 5.92 Å². The highest BCUT2D eigenvalue weighted by Gasteiger charge is 2.62. The number of nitrogens with zero attached hydrogens (tertiary/aromatic N) is 3. The van der Waals surface area contributed by atoms with E-state index in [4.69, 9.17) is 9.47 Å². The molecule has 3 N–H and O–H groups in total. The van der Waals surface area contributed by atoms with E-state index in [1.165, 1.54) is 4.90 Å². The lowest BCUT2D eigenvalue weighted by atomic mass is 10.0. The van der Waals surface area contributed by atoms with Gasteiger partial charge < -0.3 is 25.0 Å². The number of aryl methyl sites for hydroxylation is 1. The number of carbonyl (C=O) groups is 4. The van der Waals surface area contributed by atoms with Crippen molar-refractivity contribution in [3.05, 3.63) is 36.4 Å². The zero-order chi connectivity index (χ0) is 35.8. The molecule has 2 aromatic rings. The lowest BCUT2D eigenvalue weighted by Crippen LogP contribution is -2.58. The minimum atomic E-state index is -3.87. The molecule has 0 radical (unpaired) electrons. The van der Waals surface area contributed by atoms with Gasteiger partial charge in [0.1, 0.15) is 29.3 Å². The summed E-state index contributed by atoms with van der Waals surface area (Å²) in [4.78, 5) is 61.3. The van der Waals surface area contributed by atoms with E-state index in [0.717, 1.165) is 23.9 Å². The molecule has 14 nitrogen and oxygen atoms in total. The minimum Gasteiger partial charge on any atom is -0.459 e. The van der Waals surface area contributed by atoms with Crippen LogP contribution in [0.1, 0.15) is 85.5 Å². The molecule has 3 fully saturated rings. The first-order valence-corrected chi connectivity index (χ1v) is 19.2. The van der Waals surface area contributed by atoms with Gasteiger partial charge in [-0.3, -0.25) is 23.7 Å². The molecule has 0 unspecified atom stereocenters. The van der Waals surface area contributed by atoms with Crippen molar-refractivity contribution in [1.29, 1.82) is 0 Å². The summed E-state index contributed by atoms with van der Waals surface area (Å²) in [5.74, 6) is -2.26. The highest BCUT2D eigenvalue weighted by molar-refractivity contribution is 7.91. The van der Waals surface area contributed by atoms with Crippen molar-refractivity contribution in [3.8, 4) is 6.01 Å². The molecule has 5 atom stereocenters. The van der Waals surface area contributed by atoms with E-state index >= 15 is 0 Å². The first-order valence-electron chi connectivity index (χ1n) is 17.7. The summed E-state index contributed by atoms with van der Waals surface area (Å²) in [6.45, 7) is 7.77. The molecule has 50 heavy (non-hydrogen) atoms. The highest BCUT2D eigenvalue weighted by atomic mass is 32.2. The van der Waals surface area contributed by atoms with Gasteiger partial charge >= 0.3 is 6.09 Å². The van der Waals surface area contributed by atoms with Crippen molar-refractivity contribution in [2.24, 2.45) is 5.92 Å². The number of amides is 4. The predicted molar refractivity (Wildman–Crippen MR) is 184 cm³/mol. The van der Waals surface area contributed by atoms with Crippen molar-refractivity contribution in [2.75, 3.05) is 6.54 Å². The second kappa shape index (κ2) is 13.9. The first kappa shape index (κ1) is 35.7. The first-order chi connectivity index (χ1) is 23.7. The van der Waals surface area contributed by atoms with Crippen molar-refractivity contribution >= 4 is 44.9 Å². The molecule has 2 aliphatic carbocycles. The Hall–Kier alpha value is -4.14. The molecular formula is C35H48N6O8S. The fourth-order valence-corrected chi connectivity index (χ4v) is 8.26. The van der Waals surface area contributed by atoms with Gasteiger partial charge in [0.05, 0.1) is 22.8 Å². The third-order valence-electron chi connectivity index (χ3n) is 9.74. The molecule has 0 spiro atoms. The summed E-state index contributed by atoms with van der Waals surface area (Å²) < 4.78 is 41.6. The quantitative estimate of drug-likeness (QED) is 0.364. The Morgan fingerprint density at radius 1 is 1.10 bits per heavy atom. The Labute approximate surface area is 292 Å². The van der Waals surface area contributed by atoms with Crippen LogP contribution in [0.2, 0.25) is 0 Å². The van der Waals surface area contributed by atoms with Crippen LogP contribution in [0.15, 0.2) is 36.4 Å². The third kappa shape index (κ3) is 7.77. The number of benzene rings is 1. The van der Waals surface area contributed by atoms with Gasteiger partial charge in [-0.25, -0.2) is 13.2 Å². The standard InChI is InChI=1S/C35H48N6O8S/c1-5-40-27-16-12-11-14-25(27)36-32(40)48-23-19-28-29(42)38-35(31(44)39-50(46,47)24-17-18-24)20-22(35)13-9-7-6-8-10-15-26(30(43)41(28)21-23)37-33(45)49-34(2,3)4/h9,11-14,16,22-24,26,28H,5-8,10,15,17-21H2,1-4H3,(H,37,45)(H,38,42)(H,39,44)/b13-9-/t22-,23+,26-,28-,35+/m0/s1. The number of fused-ring (bicyclic) bond motifs is 3. The monoisotopic (exact) mass is 712 g/mol. The number of allylic oxidation sites excluding steroid dienone is 1. The highest BCUT2D eigenvalue weighted by Crippen LogP contribution is 2.46. The second-order valence-electron chi connectivity index (χ2n) is 14.8. The summed E-state index contributed by atoms with van der Waals surface area (Å²) in [6, 6.07) is 5.92. The van der Waals surface area contributed by atoms with Gasteiger partial charge in [0.2, 0.25) is 21.8 Å². The minimum absolute atomic E-state index is 0.0227. The normalized spacial score (nSPS) is 28.4. The summed E-state index contributed by atoms with van der Waals surface area (Å²) in [5, 5.41) is 5.01. The number of rotatable bonds is 7. The van der Waals surface area contributed by atoms with Gasteiger partial charge in [0, 0.05) is 18.9 Å². The number of carbonyl (C=O) groups excluding carboxylic acids is 4. The van der Waals surface area contributed by atoms with Gasteiger partial charge in [-0.15, -0.1) is 0 Å².